The molecular formula is C32H38F5N7O. The second-order valence-corrected chi connectivity index (χ2v) is 12.1. The van der Waals surface area contributed by atoms with Crippen LogP contribution in [0.2, 0.25) is 0 Å². The monoisotopic (exact) mass is 631 g/mol. The van der Waals surface area contributed by atoms with E-state index in [0.717, 1.165) is 38.3 Å². The highest BCUT2D eigenvalue weighted by molar-refractivity contribution is 6.07. The Balaban J connectivity index is 1.49. The van der Waals surface area contributed by atoms with Crippen LogP contribution in [0, 0.1) is 11.6 Å². The highest BCUT2D eigenvalue weighted by Gasteiger charge is 2.36. The fourth-order valence-electron chi connectivity index (χ4n) is 5.95. The number of anilines is 3. The van der Waals surface area contributed by atoms with Gasteiger partial charge in [0.1, 0.15) is 11.6 Å². The Bertz CT molecular complexity index is 1510. The Morgan fingerprint density at radius 2 is 1.56 bits per heavy atom. The number of nitrogens with zero attached hydrogens (tertiary/aromatic N) is 6. The molecule has 2 fully saturated rings. The number of likely N-dealkylation sites (N-methyl/N-ethyl adjacent to an activating group) is 1. The molecule has 2 saturated heterocycles. The van der Waals surface area contributed by atoms with Gasteiger partial charge in [-0.25, -0.2) is 18.7 Å². The summed E-state index contributed by atoms with van der Waals surface area (Å²) in [5, 5.41) is 2.57. The van der Waals surface area contributed by atoms with Gasteiger partial charge in [-0.3, -0.25) is 14.6 Å². The van der Waals surface area contributed by atoms with Crippen LogP contribution in [-0.4, -0.2) is 90.1 Å². The molecule has 0 spiro atoms. The van der Waals surface area contributed by atoms with Crippen LogP contribution in [0.25, 0.3) is 11.1 Å². The largest absolute Gasteiger partial charge is 0.417 e. The lowest BCUT2D eigenvalue weighted by Crippen LogP contribution is -2.55. The number of hydrogen-bond acceptors (Lipinski definition) is 7. The molecular weight excluding hydrogens is 593 g/mol. The van der Waals surface area contributed by atoms with E-state index in [0.29, 0.717) is 36.3 Å². The van der Waals surface area contributed by atoms with E-state index < -0.39 is 34.8 Å². The van der Waals surface area contributed by atoms with E-state index in [1.54, 1.807) is 0 Å². The first-order valence-corrected chi connectivity index (χ1v) is 15.0. The molecule has 13 heteroatoms. The molecule has 0 bridgehead atoms. The van der Waals surface area contributed by atoms with E-state index in [1.807, 2.05) is 25.8 Å². The van der Waals surface area contributed by atoms with Crippen molar-refractivity contribution < 1.29 is 26.7 Å². The molecule has 2 unspecified atom stereocenters. The van der Waals surface area contributed by atoms with Crippen molar-refractivity contribution in [3.63, 3.8) is 0 Å². The van der Waals surface area contributed by atoms with Crippen molar-refractivity contribution in [2.24, 2.45) is 0 Å². The van der Waals surface area contributed by atoms with E-state index in [9.17, 15) is 22.4 Å². The van der Waals surface area contributed by atoms with Gasteiger partial charge < -0.3 is 15.1 Å². The number of rotatable bonds is 6. The summed E-state index contributed by atoms with van der Waals surface area (Å²) in [6, 6.07) is 5.16. The summed E-state index contributed by atoms with van der Waals surface area (Å²) < 4.78 is 70.8. The smallest absolute Gasteiger partial charge is 0.367 e. The van der Waals surface area contributed by atoms with Crippen molar-refractivity contribution in [3.8, 4) is 11.1 Å². The average Bonchev–Trinajstić information content (AvgIpc) is 3.00. The molecule has 0 saturated carbocycles. The first-order chi connectivity index (χ1) is 21.2. The zero-order valence-corrected chi connectivity index (χ0v) is 26.0. The maximum Gasteiger partial charge on any atom is 0.417 e. The number of nitrogens with one attached hydrogen (secondary N) is 1. The van der Waals surface area contributed by atoms with Gasteiger partial charge in [0.2, 0.25) is 5.95 Å². The Kier molecular flexibility index (Phi) is 9.31. The summed E-state index contributed by atoms with van der Waals surface area (Å²) in [4.78, 5) is 30.8. The van der Waals surface area contributed by atoms with Crippen LogP contribution in [0.3, 0.4) is 0 Å². The topological polar surface area (TPSA) is 67.8 Å². The van der Waals surface area contributed by atoms with Gasteiger partial charge in [0, 0.05) is 80.9 Å². The van der Waals surface area contributed by atoms with Gasteiger partial charge >= 0.3 is 6.18 Å². The number of piperazine rings is 2. The molecule has 2 atom stereocenters. The van der Waals surface area contributed by atoms with Crippen molar-refractivity contribution >= 4 is 23.2 Å². The lowest BCUT2D eigenvalue weighted by Gasteiger charge is -2.44. The Labute approximate surface area is 259 Å². The minimum absolute atomic E-state index is 0.0793. The quantitative estimate of drug-likeness (QED) is 0.348. The first-order valence-electron chi connectivity index (χ1n) is 15.0. The van der Waals surface area contributed by atoms with Crippen molar-refractivity contribution in [1.82, 2.24) is 19.8 Å². The van der Waals surface area contributed by atoms with E-state index >= 15 is 4.39 Å². The fourth-order valence-corrected chi connectivity index (χ4v) is 5.95. The van der Waals surface area contributed by atoms with Gasteiger partial charge in [-0.2, -0.15) is 13.2 Å². The lowest BCUT2D eigenvalue weighted by atomic mass is 10.0. The molecule has 0 aliphatic carbocycles. The summed E-state index contributed by atoms with van der Waals surface area (Å²) in [6.45, 7) is 12.6. The normalized spacial score (nSPS) is 20.2. The number of carbonyl (C=O) groups excluding carboxylic acids is 1. The predicted molar refractivity (Wildman–Crippen MR) is 165 cm³/mol. The van der Waals surface area contributed by atoms with Crippen molar-refractivity contribution in [2.45, 2.75) is 52.0 Å². The molecule has 8 nitrogen and oxygen atoms in total. The molecule has 2 aliphatic heterocycles. The van der Waals surface area contributed by atoms with Crippen LogP contribution in [0.1, 0.15) is 43.6 Å². The van der Waals surface area contributed by atoms with Gasteiger partial charge in [-0.15, -0.1) is 0 Å². The van der Waals surface area contributed by atoms with E-state index in [2.05, 4.69) is 43.8 Å². The van der Waals surface area contributed by atoms with Crippen molar-refractivity contribution in [2.75, 3.05) is 61.4 Å². The highest BCUT2D eigenvalue weighted by atomic mass is 19.4. The molecule has 1 aromatic heterocycles. The standard InChI is InChI=1S/C32H38F5N7O/c1-19(2)42-8-10-43(11-9-42)31-38-15-22(16-39-31)25-13-28(29(14-27(25)34)44-17-20(3)41(5)21(4)18-44)40-30(45)24-7-6-23(33)12-26(24)32(35,36)37/h6-7,12-16,19-21H,8-11,17-18H2,1-5H3,(H,40,45). The van der Waals surface area contributed by atoms with E-state index in [1.165, 1.54) is 24.5 Å². The van der Waals surface area contributed by atoms with Crippen LogP contribution in [0.5, 0.6) is 0 Å². The number of hydrogen-bond donors (Lipinski definition) is 1. The van der Waals surface area contributed by atoms with Gasteiger partial charge in [0.15, 0.2) is 0 Å². The van der Waals surface area contributed by atoms with E-state index in [-0.39, 0.29) is 29.4 Å². The first kappa shape index (κ1) is 32.6. The minimum Gasteiger partial charge on any atom is -0.367 e. The third-order valence-corrected chi connectivity index (χ3v) is 8.84. The zero-order chi connectivity index (χ0) is 32.6. The number of halogens is 5. The molecule has 3 heterocycles. The molecule has 2 aliphatic rings. The third-order valence-electron chi connectivity index (χ3n) is 8.84. The van der Waals surface area contributed by atoms with Crippen LogP contribution >= 0.6 is 0 Å². The van der Waals surface area contributed by atoms with Crippen LogP contribution in [-0.2, 0) is 6.18 Å². The second kappa shape index (κ2) is 12.9. The Morgan fingerprint density at radius 3 is 2.13 bits per heavy atom. The third kappa shape index (κ3) is 7.04. The van der Waals surface area contributed by atoms with Gasteiger partial charge in [0.25, 0.3) is 5.91 Å². The van der Waals surface area contributed by atoms with Crippen molar-refractivity contribution in [1.29, 1.82) is 0 Å². The van der Waals surface area contributed by atoms with Crippen LogP contribution in [0.4, 0.5) is 39.3 Å². The number of benzene rings is 2. The summed E-state index contributed by atoms with van der Waals surface area (Å²) in [6.07, 6.45) is -1.96. The lowest BCUT2D eigenvalue weighted by molar-refractivity contribution is -0.138. The SMILES string of the molecule is CC(C)N1CCN(c2ncc(-c3cc(NC(=O)c4ccc(F)cc4C(F)(F)F)c(N4CC(C)N(C)C(C)C4)cc3F)cn2)CC1. The molecule has 45 heavy (non-hydrogen) atoms. The Morgan fingerprint density at radius 1 is 0.933 bits per heavy atom. The summed E-state index contributed by atoms with van der Waals surface area (Å²) in [5.41, 5.74) is -1.28. The van der Waals surface area contributed by atoms with Gasteiger partial charge in [-0.05, 0) is 65.1 Å². The second-order valence-electron chi connectivity index (χ2n) is 12.1. The van der Waals surface area contributed by atoms with Crippen molar-refractivity contribution in [3.05, 3.63) is 65.5 Å². The number of carbonyl (C=O) groups is 1. The number of aromatic nitrogens is 2. The van der Waals surface area contributed by atoms with E-state index in [4.69, 9.17) is 0 Å². The molecule has 1 N–H and O–H groups in total. The summed E-state index contributed by atoms with van der Waals surface area (Å²) >= 11 is 0. The number of alkyl halides is 3. The Hall–Kier alpha value is -3.84. The summed E-state index contributed by atoms with van der Waals surface area (Å²) in [7, 11) is 1.99. The van der Waals surface area contributed by atoms with Crippen LogP contribution < -0.4 is 15.1 Å². The predicted octanol–water partition coefficient (Wildman–Crippen LogP) is 5.75. The van der Waals surface area contributed by atoms with Gasteiger partial charge in [0.05, 0.1) is 22.5 Å². The molecule has 1 amide bonds. The minimum atomic E-state index is -4.96. The molecule has 0 radical (unpaired) electrons. The fraction of sp³-hybridized carbons (Fsp3) is 0.469. The van der Waals surface area contributed by atoms with Crippen LogP contribution in [0.15, 0.2) is 42.7 Å². The average molecular weight is 632 g/mol. The maximum absolute atomic E-state index is 15.8. The molecule has 3 aromatic rings. The molecule has 242 valence electrons. The molecule has 2 aromatic carbocycles. The number of amides is 1. The maximum atomic E-state index is 15.8. The summed E-state index contributed by atoms with van der Waals surface area (Å²) in [5.74, 6) is -2.29. The molecule has 5 rings (SSSR count). The highest BCUT2D eigenvalue weighted by Crippen LogP contribution is 2.37. The zero-order valence-electron chi connectivity index (χ0n) is 26.0. The van der Waals surface area contributed by atoms with Gasteiger partial charge in [-0.1, -0.05) is 0 Å².